The van der Waals surface area contributed by atoms with E-state index in [0.29, 0.717) is 11.8 Å². The molecule has 0 fully saturated rings. The van der Waals surface area contributed by atoms with Crippen LogP contribution in [0.2, 0.25) is 0 Å². The predicted molar refractivity (Wildman–Crippen MR) is 64.8 cm³/mol. The third kappa shape index (κ3) is 4.12. The van der Waals surface area contributed by atoms with Crippen molar-refractivity contribution in [3.8, 4) is 0 Å². The molecular formula is C13H28O2. The molecule has 0 aromatic heterocycles. The monoisotopic (exact) mass is 216 g/mol. The van der Waals surface area contributed by atoms with Gasteiger partial charge in [-0.25, -0.2) is 0 Å². The van der Waals surface area contributed by atoms with Gasteiger partial charge in [0.1, 0.15) is 0 Å². The van der Waals surface area contributed by atoms with E-state index in [0.717, 1.165) is 0 Å². The highest BCUT2D eigenvalue weighted by Crippen LogP contribution is 2.34. The molecule has 0 aliphatic heterocycles. The molecular weight excluding hydrogens is 188 g/mol. The van der Waals surface area contributed by atoms with Gasteiger partial charge in [0.05, 0.1) is 12.2 Å². The molecule has 0 aromatic rings. The Labute approximate surface area is 95.3 Å². The molecule has 2 nitrogen and oxygen atoms in total. The minimum atomic E-state index is -0.456. The van der Waals surface area contributed by atoms with Gasteiger partial charge >= 0.3 is 0 Å². The predicted octanol–water partition coefficient (Wildman–Crippen LogP) is 3.84. The molecule has 92 valence electrons. The van der Waals surface area contributed by atoms with Gasteiger partial charge in [0.15, 0.2) is 5.79 Å². The molecule has 0 saturated heterocycles. The van der Waals surface area contributed by atoms with Crippen LogP contribution in [0.3, 0.4) is 0 Å². The van der Waals surface area contributed by atoms with E-state index in [4.69, 9.17) is 9.47 Å². The van der Waals surface area contributed by atoms with E-state index in [1.807, 2.05) is 0 Å². The molecule has 0 amide bonds. The van der Waals surface area contributed by atoms with Crippen molar-refractivity contribution in [3.63, 3.8) is 0 Å². The normalized spacial score (nSPS) is 13.6. The van der Waals surface area contributed by atoms with Crippen molar-refractivity contribution in [1.82, 2.24) is 0 Å². The first-order chi connectivity index (χ1) is 6.72. The Morgan fingerprint density at radius 2 is 0.867 bits per heavy atom. The van der Waals surface area contributed by atoms with Crippen molar-refractivity contribution >= 4 is 0 Å². The Hall–Kier alpha value is -0.0800. The Kier molecular flexibility index (Phi) is 5.82. The van der Waals surface area contributed by atoms with Crippen molar-refractivity contribution in [1.29, 1.82) is 0 Å². The number of ether oxygens (including phenoxy) is 2. The number of hydrogen-bond donors (Lipinski definition) is 0. The summed E-state index contributed by atoms with van der Waals surface area (Å²) in [6.07, 6.45) is 0.377. The van der Waals surface area contributed by atoms with Gasteiger partial charge in [-0.15, -0.1) is 0 Å². The van der Waals surface area contributed by atoms with Crippen LogP contribution in [0.25, 0.3) is 0 Å². The quantitative estimate of drug-likeness (QED) is 0.628. The topological polar surface area (TPSA) is 18.5 Å². The minimum absolute atomic E-state index is 0.188. The van der Waals surface area contributed by atoms with E-state index in [1.165, 1.54) is 0 Å². The maximum atomic E-state index is 6.05. The van der Waals surface area contributed by atoms with Gasteiger partial charge in [-0.1, -0.05) is 27.7 Å². The molecule has 0 atom stereocenters. The zero-order valence-electron chi connectivity index (χ0n) is 11.6. The number of rotatable bonds is 6. The lowest BCUT2D eigenvalue weighted by Gasteiger charge is -2.43. The van der Waals surface area contributed by atoms with Crippen molar-refractivity contribution in [2.45, 2.75) is 73.4 Å². The first kappa shape index (κ1) is 14.9. The SMILES string of the molecule is CC(C)OC(OC(C)C)(C(C)C)C(C)C. The molecule has 0 aliphatic rings. The third-order valence-corrected chi connectivity index (χ3v) is 2.45. The van der Waals surface area contributed by atoms with Crippen LogP contribution in [0.15, 0.2) is 0 Å². The number of hydrogen-bond acceptors (Lipinski definition) is 2. The van der Waals surface area contributed by atoms with Crippen LogP contribution in [-0.4, -0.2) is 18.0 Å². The lowest BCUT2D eigenvalue weighted by molar-refractivity contribution is -0.312. The smallest absolute Gasteiger partial charge is 0.173 e. The van der Waals surface area contributed by atoms with Crippen molar-refractivity contribution in [3.05, 3.63) is 0 Å². The molecule has 0 radical (unpaired) electrons. The van der Waals surface area contributed by atoms with Crippen LogP contribution < -0.4 is 0 Å². The fraction of sp³-hybridized carbons (Fsp3) is 1.00. The average molecular weight is 216 g/mol. The maximum absolute atomic E-state index is 6.05. The van der Waals surface area contributed by atoms with Gasteiger partial charge in [0, 0.05) is 11.8 Å². The van der Waals surface area contributed by atoms with Crippen LogP contribution in [0.4, 0.5) is 0 Å². The Morgan fingerprint density at radius 1 is 0.600 bits per heavy atom. The fourth-order valence-electron chi connectivity index (χ4n) is 1.98. The van der Waals surface area contributed by atoms with Gasteiger partial charge in [0.2, 0.25) is 0 Å². The van der Waals surface area contributed by atoms with Crippen LogP contribution in [-0.2, 0) is 9.47 Å². The van der Waals surface area contributed by atoms with E-state index in [-0.39, 0.29) is 12.2 Å². The summed E-state index contributed by atoms with van der Waals surface area (Å²) in [5.74, 6) is 0.243. The second kappa shape index (κ2) is 5.86. The molecule has 0 saturated carbocycles. The van der Waals surface area contributed by atoms with Crippen LogP contribution >= 0.6 is 0 Å². The summed E-state index contributed by atoms with van der Waals surface area (Å²) >= 11 is 0. The van der Waals surface area contributed by atoms with Crippen molar-refractivity contribution in [2.75, 3.05) is 0 Å². The van der Waals surface area contributed by atoms with Gasteiger partial charge in [-0.2, -0.15) is 0 Å². The van der Waals surface area contributed by atoms with E-state index in [2.05, 4.69) is 55.4 Å². The third-order valence-electron chi connectivity index (χ3n) is 2.45. The van der Waals surface area contributed by atoms with Gasteiger partial charge in [-0.3, -0.25) is 0 Å². The van der Waals surface area contributed by atoms with E-state index in [1.54, 1.807) is 0 Å². The molecule has 0 spiro atoms. The molecule has 0 heterocycles. The fourth-order valence-corrected chi connectivity index (χ4v) is 1.98. The molecule has 0 aromatic carbocycles. The lowest BCUT2D eigenvalue weighted by Crippen LogP contribution is -2.49. The summed E-state index contributed by atoms with van der Waals surface area (Å²) in [4.78, 5) is 0. The maximum Gasteiger partial charge on any atom is 0.173 e. The largest absolute Gasteiger partial charge is 0.347 e. The Morgan fingerprint density at radius 3 is 1.00 bits per heavy atom. The summed E-state index contributed by atoms with van der Waals surface area (Å²) in [7, 11) is 0. The highest BCUT2D eigenvalue weighted by atomic mass is 16.7. The average Bonchev–Trinajstić information content (AvgIpc) is 1.99. The molecule has 0 aliphatic carbocycles. The molecule has 0 bridgehead atoms. The van der Waals surface area contributed by atoms with Crippen molar-refractivity contribution < 1.29 is 9.47 Å². The standard InChI is InChI=1S/C13H28O2/c1-9(2)13(10(3)4,14-11(5)6)15-12(7)8/h9-12H,1-8H3. The molecule has 15 heavy (non-hydrogen) atoms. The lowest BCUT2D eigenvalue weighted by atomic mass is 9.90. The Bertz CT molecular complexity index is 151. The summed E-state index contributed by atoms with van der Waals surface area (Å²) in [6, 6.07) is 0. The minimum Gasteiger partial charge on any atom is -0.347 e. The second-order valence-electron chi connectivity index (χ2n) is 5.36. The highest BCUT2D eigenvalue weighted by Gasteiger charge is 2.41. The molecule has 0 N–H and O–H groups in total. The summed E-state index contributed by atoms with van der Waals surface area (Å²) < 4.78 is 12.1. The van der Waals surface area contributed by atoms with Crippen LogP contribution in [0.1, 0.15) is 55.4 Å². The summed E-state index contributed by atoms with van der Waals surface area (Å²) in [6.45, 7) is 16.9. The molecule has 2 heteroatoms. The van der Waals surface area contributed by atoms with E-state index in [9.17, 15) is 0 Å². The first-order valence-corrected chi connectivity index (χ1v) is 6.08. The van der Waals surface area contributed by atoms with Crippen LogP contribution in [0, 0.1) is 11.8 Å². The van der Waals surface area contributed by atoms with E-state index >= 15 is 0 Å². The Balaban J connectivity index is 4.90. The van der Waals surface area contributed by atoms with Crippen molar-refractivity contribution in [2.24, 2.45) is 11.8 Å². The molecule has 0 unspecified atom stereocenters. The molecule has 0 rings (SSSR count). The highest BCUT2D eigenvalue weighted by molar-refractivity contribution is 4.79. The zero-order chi connectivity index (χ0) is 12.2. The second-order valence-corrected chi connectivity index (χ2v) is 5.36. The first-order valence-electron chi connectivity index (χ1n) is 6.08. The van der Waals surface area contributed by atoms with E-state index < -0.39 is 5.79 Å². The van der Waals surface area contributed by atoms with Gasteiger partial charge in [0.25, 0.3) is 0 Å². The van der Waals surface area contributed by atoms with Crippen LogP contribution in [0.5, 0.6) is 0 Å². The van der Waals surface area contributed by atoms with Gasteiger partial charge < -0.3 is 9.47 Å². The zero-order valence-corrected chi connectivity index (χ0v) is 11.6. The summed E-state index contributed by atoms with van der Waals surface area (Å²) in [5.41, 5.74) is 0. The summed E-state index contributed by atoms with van der Waals surface area (Å²) in [5, 5.41) is 0. The van der Waals surface area contributed by atoms with Gasteiger partial charge in [-0.05, 0) is 27.7 Å².